The summed E-state index contributed by atoms with van der Waals surface area (Å²) in [5, 5.41) is 0. The Bertz CT molecular complexity index is 540. The largest absolute Gasteiger partial charge is 0.379 e. The highest BCUT2D eigenvalue weighted by atomic mass is 16.5. The van der Waals surface area contributed by atoms with E-state index in [1.165, 1.54) is 51.6 Å². The molecule has 3 aliphatic heterocycles. The molecule has 3 heterocycles. The van der Waals surface area contributed by atoms with Gasteiger partial charge in [-0.25, -0.2) is 0 Å². The standard InChI is InChI=1S/C23H41N3O2/c1-22(2,26-13-15-28-16-14-26)17-24-11-6-9-23(18-24)10-12-25(19-23)21(27)20-7-4-3-5-8-20/h20H,3-19H2,1-2H3. The molecule has 1 atom stereocenters. The van der Waals surface area contributed by atoms with Crippen LogP contribution in [0.15, 0.2) is 0 Å². The number of hydrogen-bond donors (Lipinski definition) is 0. The third-order valence-corrected chi connectivity index (χ3v) is 7.92. The molecule has 0 bridgehead atoms. The summed E-state index contributed by atoms with van der Waals surface area (Å²) in [6, 6.07) is 0. The molecular weight excluding hydrogens is 350 g/mol. The molecule has 28 heavy (non-hydrogen) atoms. The fourth-order valence-corrected chi connectivity index (χ4v) is 6.33. The first-order chi connectivity index (χ1) is 13.5. The van der Waals surface area contributed by atoms with Gasteiger partial charge in [-0.05, 0) is 52.5 Å². The summed E-state index contributed by atoms with van der Waals surface area (Å²) in [6.45, 7) is 14.2. The minimum atomic E-state index is 0.193. The molecule has 1 unspecified atom stereocenters. The number of morpholine rings is 1. The lowest BCUT2D eigenvalue weighted by molar-refractivity contribution is -0.136. The summed E-state index contributed by atoms with van der Waals surface area (Å²) in [5.74, 6) is 0.797. The fourth-order valence-electron chi connectivity index (χ4n) is 6.33. The second kappa shape index (κ2) is 8.61. The number of rotatable bonds is 4. The first-order valence-corrected chi connectivity index (χ1v) is 11.8. The molecule has 0 aromatic rings. The summed E-state index contributed by atoms with van der Waals surface area (Å²) < 4.78 is 5.55. The van der Waals surface area contributed by atoms with E-state index in [4.69, 9.17) is 4.74 Å². The third kappa shape index (κ3) is 4.57. The van der Waals surface area contributed by atoms with E-state index in [1.54, 1.807) is 0 Å². The predicted octanol–water partition coefficient (Wildman–Crippen LogP) is 2.99. The van der Waals surface area contributed by atoms with Crippen LogP contribution in [0, 0.1) is 11.3 Å². The third-order valence-electron chi connectivity index (χ3n) is 7.92. The Morgan fingerprint density at radius 1 is 0.964 bits per heavy atom. The number of piperidine rings is 1. The zero-order valence-corrected chi connectivity index (χ0v) is 18.3. The zero-order valence-electron chi connectivity index (χ0n) is 18.3. The van der Waals surface area contributed by atoms with Gasteiger partial charge in [-0.3, -0.25) is 9.69 Å². The molecule has 0 aromatic heterocycles. The van der Waals surface area contributed by atoms with Crippen LogP contribution < -0.4 is 0 Å². The molecular formula is C23H41N3O2. The number of likely N-dealkylation sites (tertiary alicyclic amines) is 2. The Hall–Kier alpha value is -0.650. The molecule has 1 saturated carbocycles. The van der Waals surface area contributed by atoms with Crippen LogP contribution in [-0.2, 0) is 9.53 Å². The summed E-state index contributed by atoms with van der Waals surface area (Å²) in [4.78, 5) is 20.6. The average molecular weight is 392 g/mol. The van der Waals surface area contributed by atoms with Crippen LogP contribution in [0.1, 0.15) is 65.2 Å². The van der Waals surface area contributed by atoms with Crippen LogP contribution in [0.5, 0.6) is 0 Å². The quantitative estimate of drug-likeness (QED) is 0.738. The SMILES string of the molecule is CC(C)(CN1CCCC2(CCN(C(=O)C3CCCCC3)C2)C1)N1CCOCC1. The first kappa shape index (κ1) is 20.6. The van der Waals surface area contributed by atoms with Gasteiger partial charge in [-0.15, -0.1) is 0 Å². The summed E-state index contributed by atoms with van der Waals surface area (Å²) in [7, 11) is 0. The maximum atomic E-state index is 13.0. The molecule has 4 aliphatic rings. The minimum Gasteiger partial charge on any atom is -0.379 e. The van der Waals surface area contributed by atoms with E-state index in [0.29, 0.717) is 17.2 Å². The van der Waals surface area contributed by atoms with Gasteiger partial charge in [0.2, 0.25) is 5.91 Å². The number of amides is 1. The van der Waals surface area contributed by atoms with Crippen LogP contribution in [-0.4, -0.2) is 85.2 Å². The molecule has 3 saturated heterocycles. The van der Waals surface area contributed by atoms with Crippen molar-refractivity contribution >= 4 is 5.91 Å². The van der Waals surface area contributed by atoms with Gasteiger partial charge in [0.15, 0.2) is 0 Å². The molecule has 5 nitrogen and oxygen atoms in total. The summed E-state index contributed by atoms with van der Waals surface area (Å²) in [5.41, 5.74) is 0.544. The van der Waals surface area contributed by atoms with Crippen molar-refractivity contribution in [3.05, 3.63) is 0 Å². The second-order valence-corrected chi connectivity index (χ2v) is 10.6. The zero-order chi connectivity index (χ0) is 19.6. The topological polar surface area (TPSA) is 36.0 Å². The second-order valence-electron chi connectivity index (χ2n) is 10.6. The normalized spacial score (nSPS) is 31.6. The number of nitrogens with zero attached hydrogens (tertiary/aromatic N) is 3. The molecule has 0 N–H and O–H groups in total. The highest BCUT2D eigenvalue weighted by Crippen LogP contribution is 2.40. The van der Waals surface area contributed by atoms with Crippen LogP contribution >= 0.6 is 0 Å². The lowest BCUT2D eigenvalue weighted by Gasteiger charge is -2.47. The Balaban J connectivity index is 1.33. The molecule has 160 valence electrons. The van der Waals surface area contributed by atoms with Crippen molar-refractivity contribution in [1.29, 1.82) is 0 Å². The lowest BCUT2D eigenvalue weighted by atomic mass is 9.78. The molecule has 0 aromatic carbocycles. The van der Waals surface area contributed by atoms with Crippen LogP contribution in [0.3, 0.4) is 0 Å². The van der Waals surface area contributed by atoms with Gasteiger partial charge in [0, 0.05) is 56.1 Å². The Kier molecular flexibility index (Phi) is 6.34. The molecule has 1 aliphatic carbocycles. The Labute approximate surface area is 171 Å². The maximum Gasteiger partial charge on any atom is 0.225 e. The fraction of sp³-hybridized carbons (Fsp3) is 0.957. The van der Waals surface area contributed by atoms with E-state index in [-0.39, 0.29) is 5.54 Å². The molecule has 1 spiro atoms. The summed E-state index contributed by atoms with van der Waals surface area (Å²) >= 11 is 0. The van der Waals surface area contributed by atoms with Crippen molar-refractivity contribution in [2.24, 2.45) is 11.3 Å². The van der Waals surface area contributed by atoms with E-state index in [9.17, 15) is 4.79 Å². The van der Waals surface area contributed by atoms with Gasteiger partial charge in [-0.2, -0.15) is 0 Å². The van der Waals surface area contributed by atoms with Crippen LogP contribution in [0.25, 0.3) is 0 Å². The Morgan fingerprint density at radius 2 is 1.71 bits per heavy atom. The van der Waals surface area contributed by atoms with Crippen LogP contribution in [0.2, 0.25) is 0 Å². The van der Waals surface area contributed by atoms with Crippen LogP contribution in [0.4, 0.5) is 0 Å². The van der Waals surface area contributed by atoms with Crippen molar-refractivity contribution < 1.29 is 9.53 Å². The molecule has 0 radical (unpaired) electrons. The highest BCUT2D eigenvalue weighted by molar-refractivity contribution is 5.79. The lowest BCUT2D eigenvalue weighted by Crippen LogP contribution is -2.57. The maximum absolute atomic E-state index is 13.0. The minimum absolute atomic E-state index is 0.193. The van der Waals surface area contributed by atoms with E-state index >= 15 is 0 Å². The van der Waals surface area contributed by atoms with Gasteiger partial charge < -0.3 is 14.5 Å². The van der Waals surface area contributed by atoms with Gasteiger partial charge in [0.05, 0.1) is 13.2 Å². The van der Waals surface area contributed by atoms with Gasteiger partial charge in [-0.1, -0.05) is 19.3 Å². The molecule has 1 amide bonds. The van der Waals surface area contributed by atoms with E-state index in [1.807, 2.05) is 0 Å². The van der Waals surface area contributed by atoms with Crippen molar-refractivity contribution in [2.45, 2.75) is 70.8 Å². The van der Waals surface area contributed by atoms with E-state index in [2.05, 4.69) is 28.5 Å². The van der Waals surface area contributed by atoms with Crippen molar-refractivity contribution in [3.8, 4) is 0 Å². The number of carbonyl (C=O) groups excluding carboxylic acids is 1. The molecule has 5 heteroatoms. The smallest absolute Gasteiger partial charge is 0.225 e. The van der Waals surface area contributed by atoms with E-state index < -0.39 is 0 Å². The van der Waals surface area contributed by atoms with Gasteiger partial charge in [0.1, 0.15) is 0 Å². The Morgan fingerprint density at radius 3 is 2.46 bits per heavy atom. The van der Waals surface area contributed by atoms with Crippen molar-refractivity contribution in [1.82, 2.24) is 14.7 Å². The molecule has 4 rings (SSSR count). The predicted molar refractivity (Wildman–Crippen MR) is 112 cm³/mol. The molecule has 4 fully saturated rings. The monoisotopic (exact) mass is 391 g/mol. The summed E-state index contributed by atoms with van der Waals surface area (Å²) in [6.07, 6.45) is 9.87. The van der Waals surface area contributed by atoms with Crippen molar-refractivity contribution in [3.63, 3.8) is 0 Å². The first-order valence-electron chi connectivity index (χ1n) is 11.8. The number of hydrogen-bond acceptors (Lipinski definition) is 4. The number of carbonyl (C=O) groups is 1. The highest BCUT2D eigenvalue weighted by Gasteiger charge is 2.44. The van der Waals surface area contributed by atoms with E-state index in [0.717, 1.165) is 58.8 Å². The van der Waals surface area contributed by atoms with Crippen molar-refractivity contribution in [2.75, 3.05) is 59.0 Å². The van der Waals surface area contributed by atoms with Gasteiger partial charge >= 0.3 is 0 Å². The van der Waals surface area contributed by atoms with Gasteiger partial charge in [0.25, 0.3) is 0 Å². The average Bonchev–Trinajstić information content (AvgIpc) is 3.11. The number of ether oxygens (including phenoxy) is 1.